The van der Waals surface area contributed by atoms with E-state index >= 15 is 0 Å². The molecule has 0 bridgehead atoms. The van der Waals surface area contributed by atoms with Crippen molar-refractivity contribution in [3.8, 4) is 5.75 Å². The molecule has 7 rings (SSSR count). The molecule has 8 atom stereocenters. The fourth-order valence-electron chi connectivity index (χ4n) is 11.5. The minimum absolute atomic E-state index is 0.0295. The van der Waals surface area contributed by atoms with Crippen LogP contribution < -0.4 is 21.3 Å². The zero-order valence-electron chi connectivity index (χ0n) is 50.6. The molecule has 0 radical (unpaired) electrons. The third-order valence-corrected chi connectivity index (χ3v) is 16.0. The molecule has 0 unspecified atom stereocenters. The number of hydrogen-bond donors (Lipinski definition) is 5. The molecule has 0 aromatic heterocycles. The smallest absolute Gasteiger partial charge is 0.408 e. The van der Waals surface area contributed by atoms with Gasteiger partial charge in [-0.15, -0.1) is 0 Å². The molecular formula is C70H86N4O13. The molecule has 5 aromatic carbocycles. The Balaban J connectivity index is 0.000000279. The van der Waals surface area contributed by atoms with Crippen molar-refractivity contribution in [2.75, 3.05) is 0 Å². The van der Waals surface area contributed by atoms with Crippen molar-refractivity contribution >= 4 is 70.5 Å². The van der Waals surface area contributed by atoms with Gasteiger partial charge >= 0.3 is 12.2 Å². The highest BCUT2D eigenvalue weighted by molar-refractivity contribution is 5.94. The van der Waals surface area contributed by atoms with E-state index in [1.165, 1.54) is 12.1 Å². The average Bonchev–Trinajstić information content (AvgIpc) is 2.86. The van der Waals surface area contributed by atoms with E-state index < -0.39 is 60.0 Å². The predicted molar refractivity (Wildman–Crippen MR) is 331 cm³/mol. The van der Waals surface area contributed by atoms with E-state index in [-0.39, 0.29) is 104 Å². The number of aldehydes is 2. The molecule has 17 nitrogen and oxygen atoms in total. The van der Waals surface area contributed by atoms with Gasteiger partial charge in [-0.05, 0) is 115 Å². The monoisotopic (exact) mass is 1190 g/mol. The number of nitrogens with one attached hydrogen (secondary N) is 4. The maximum Gasteiger partial charge on any atom is 0.408 e. The molecule has 2 aliphatic carbocycles. The van der Waals surface area contributed by atoms with Crippen LogP contribution in [-0.4, -0.2) is 89.0 Å². The highest BCUT2D eigenvalue weighted by atomic mass is 16.6. The zero-order chi connectivity index (χ0) is 62.7. The zero-order valence-corrected chi connectivity index (χ0v) is 50.6. The van der Waals surface area contributed by atoms with Gasteiger partial charge in [0.15, 0.2) is 11.6 Å². The Morgan fingerprint density at radius 1 is 0.517 bits per heavy atom. The number of Topliss-reactive ketones (excluding diaryl/α,β-unsaturated/α-hetero) is 4. The van der Waals surface area contributed by atoms with Crippen molar-refractivity contribution in [2.24, 2.45) is 35.5 Å². The van der Waals surface area contributed by atoms with Crippen molar-refractivity contribution < 1.29 is 62.5 Å². The van der Waals surface area contributed by atoms with Crippen LogP contribution >= 0.6 is 0 Å². The molecule has 5 aromatic rings. The van der Waals surface area contributed by atoms with Crippen LogP contribution in [-0.2, 0) is 73.9 Å². The van der Waals surface area contributed by atoms with E-state index in [1.54, 1.807) is 12.1 Å². The lowest BCUT2D eigenvalue weighted by molar-refractivity contribution is -0.132. The van der Waals surface area contributed by atoms with Gasteiger partial charge in [-0.2, -0.15) is 0 Å². The van der Waals surface area contributed by atoms with Gasteiger partial charge in [-0.25, -0.2) is 9.59 Å². The first-order chi connectivity index (χ1) is 41.9. The molecule has 5 N–H and O–H groups in total. The van der Waals surface area contributed by atoms with Crippen LogP contribution in [0.15, 0.2) is 127 Å². The summed E-state index contributed by atoms with van der Waals surface area (Å²) < 4.78 is 10.8. The molecule has 87 heavy (non-hydrogen) atoms. The summed E-state index contributed by atoms with van der Waals surface area (Å²) in [4.78, 5) is 129. The van der Waals surface area contributed by atoms with Gasteiger partial charge in [0, 0.05) is 55.8 Å². The Bertz CT molecular complexity index is 3070. The Morgan fingerprint density at radius 2 is 0.954 bits per heavy atom. The highest BCUT2D eigenvalue weighted by Crippen LogP contribution is 2.28. The number of carbonyl (C=O) groups excluding carboxylic acids is 10. The fourth-order valence-corrected chi connectivity index (χ4v) is 11.5. The van der Waals surface area contributed by atoms with E-state index in [4.69, 9.17) is 9.47 Å². The van der Waals surface area contributed by atoms with Crippen LogP contribution in [0.3, 0.4) is 0 Å². The predicted octanol–water partition coefficient (Wildman–Crippen LogP) is 10.8. The molecule has 17 heteroatoms. The Labute approximate surface area is 510 Å². The minimum atomic E-state index is -0.984. The number of fused-ring (bicyclic) bond motifs is 1. The van der Waals surface area contributed by atoms with Crippen molar-refractivity contribution in [3.63, 3.8) is 0 Å². The van der Waals surface area contributed by atoms with Gasteiger partial charge < -0.3 is 45.4 Å². The van der Waals surface area contributed by atoms with Crippen LogP contribution in [0.5, 0.6) is 5.75 Å². The second-order valence-corrected chi connectivity index (χ2v) is 24.0. The van der Waals surface area contributed by atoms with Crippen molar-refractivity contribution in [1.82, 2.24) is 21.3 Å². The second kappa shape index (κ2) is 35.3. The Kier molecular flexibility index (Phi) is 27.5. The molecule has 464 valence electrons. The number of ether oxygens (including phenoxy) is 2. The van der Waals surface area contributed by atoms with Crippen LogP contribution in [0.1, 0.15) is 140 Å². The van der Waals surface area contributed by atoms with E-state index in [1.807, 2.05) is 131 Å². The van der Waals surface area contributed by atoms with Gasteiger partial charge in [-0.1, -0.05) is 156 Å². The Hall–Kier alpha value is -8.34. The van der Waals surface area contributed by atoms with E-state index in [2.05, 4.69) is 21.3 Å². The number of aromatic hydroxyl groups is 1. The van der Waals surface area contributed by atoms with Crippen molar-refractivity contribution in [1.29, 1.82) is 0 Å². The molecule has 0 aliphatic heterocycles. The number of rotatable bonds is 30. The number of alkyl carbamates (subject to hydrolysis) is 2. The van der Waals surface area contributed by atoms with E-state index in [9.17, 15) is 53.1 Å². The molecule has 2 aliphatic rings. The lowest BCUT2D eigenvalue weighted by atomic mass is 9.83. The molecule has 2 saturated carbocycles. The number of amides is 4. The standard InChI is InChI=1S/C37H44N2O6.C33H42N2O7/c1-25(2)19-30(36(43)38-31(23-40)20-29-14-7-9-18-34(29)41)22-35(42)33(39-37(44)45-24-26-11-4-3-5-12-26)21-28-16-10-15-27-13-6-8-17-32(27)28;1-22(2)16-26(32(40)34-27(20-36)18-25-10-6-7-11-30(25)38)19-31(39)29(17-23-12-14-28(37)15-13-23)35-33(41)42-21-24-8-4-3-5-9-24/h3-6,8,10-13,15-17,23,25,29-31,33H,7,9,14,18-22,24H2,1-2H3,(H,38,43)(H,39,44);3-5,8-9,12-15,20,22,25-27,29,37H,6-7,10-11,16-19,21H2,1-2H3,(H,34,40)(H,35,41)/t29-,30+,31-,33-;25-,26+,27-,29-/m00/s1. The minimum Gasteiger partial charge on any atom is -0.508 e. The van der Waals surface area contributed by atoms with Crippen LogP contribution in [0.4, 0.5) is 9.59 Å². The van der Waals surface area contributed by atoms with Crippen molar-refractivity contribution in [3.05, 3.63) is 150 Å². The Morgan fingerprint density at radius 3 is 1.40 bits per heavy atom. The summed E-state index contributed by atoms with van der Waals surface area (Å²) in [7, 11) is 0. The number of phenolic OH excluding ortho intramolecular Hbond substituents is 1. The molecule has 4 amide bonds. The van der Waals surface area contributed by atoms with Gasteiger partial charge in [-0.3, -0.25) is 28.8 Å². The first-order valence-corrected chi connectivity index (χ1v) is 30.7. The third kappa shape index (κ3) is 23.1. The molecule has 2 fully saturated rings. The summed E-state index contributed by atoms with van der Waals surface area (Å²) in [5, 5.41) is 22.7. The summed E-state index contributed by atoms with van der Waals surface area (Å²) in [6.07, 6.45) is 7.28. The van der Waals surface area contributed by atoms with E-state index in [0.717, 1.165) is 59.6 Å². The normalized spacial score (nSPS) is 17.0. The lowest BCUT2D eigenvalue weighted by Gasteiger charge is -2.26. The van der Waals surface area contributed by atoms with Crippen LogP contribution in [0.25, 0.3) is 10.8 Å². The summed E-state index contributed by atoms with van der Waals surface area (Å²) in [5.74, 6) is -2.88. The van der Waals surface area contributed by atoms with Gasteiger partial charge in [0.25, 0.3) is 0 Å². The number of hydrogen-bond acceptors (Lipinski definition) is 13. The highest BCUT2D eigenvalue weighted by Gasteiger charge is 2.34. The number of carbonyl (C=O) groups is 10. The third-order valence-electron chi connectivity index (χ3n) is 16.0. The number of ketones is 4. The SMILES string of the molecule is CC(C)C[C@H](CC(=O)[C@H](Cc1ccc(O)cc1)NC(=O)OCc1ccccc1)C(=O)N[C@H](C=O)C[C@@H]1CCCCC1=O.CC(C)C[C@H](CC(=O)[C@H](Cc1cccc2ccccc12)NC(=O)OCc1ccccc1)C(=O)N[C@H](C=O)C[C@@H]1CCCCC1=O. The first-order valence-electron chi connectivity index (χ1n) is 30.7. The quantitative estimate of drug-likeness (QED) is 0.0268. The van der Waals surface area contributed by atoms with Crippen LogP contribution in [0.2, 0.25) is 0 Å². The van der Waals surface area contributed by atoms with Gasteiger partial charge in [0.2, 0.25) is 11.8 Å². The average molecular weight is 1190 g/mol. The van der Waals surface area contributed by atoms with Crippen LogP contribution in [0, 0.1) is 35.5 Å². The molecule has 0 saturated heterocycles. The first kappa shape index (κ1) is 67.8. The summed E-state index contributed by atoms with van der Waals surface area (Å²) in [5.41, 5.74) is 3.20. The summed E-state index contributed by atoms with van der Waals surface area (Å²) in [6.45, 7) is 7.90. The van der Waals surface area contributed by atoms with Gasteiger partial charge in [0.05, 0.1) is 24.2 Å². The molecular weight excluding hydrogens is 1100 g/mol. The molecule has 0 heterocycles. The lowest BCUT2D eigenvalue weighted by Crippen LogP contribution is -2.46. The molecule has 0 spiro atoms. The maximum absolute atomic E-state index is 13.9. The number of benzene rings is 5. The second-order valence-electron chi connectivity index (χ2n) is 24.0. The maximum atomic E-state index is 13.9. The topological polar surface area (TPSA) is 258 Å². The summed E-state index contributed by atoms with van der Waals surface area (Å²) in [6, 6.07) is 34.9. The number of phenols is 1. The largest absolute Gasteiger partial charge is 0.508 e. The fraction of sp³-hybridized carbons (Fsp3) is 0.457. The van der Waals surface area contributed by atoms with Crippen molar-refractivity contribution in [2.45, 2.75) is 168 Å². The van der Waals surface area contributed by atoms with E-state index in [0.29, 0.717) is 50.2 Å². The summed E-state index contributed by atoms with van der Waals surface area (Å²) >= 11 is 0. The van der Waals surface area contributed by atoms with Gasteiger partial charge in [0.1, 0.15) is 43.1 Å².